The van der Waals surface area contributed by atoms with Crippen LogP contribution in [0, 0.1) is 23.6 Å². The van der Waals surface area contributed by atoms with Crippen LogP contribution in [0.15, 0.2) is 30.5 Å². The van der Waals surface area contributed by atoms with E-state index < -0.39 is 12.2 Å². The Labute approximate surface area is 189 Å². The number of pyridine rings is 1. The Bertz CT molecular complexity index is 1090. The molecule has 0 unspecified atom stereocenters. The molecule has 0 saturated heterocycles. The third-order valence-corrected chi connectivity index (χ3v) is 7.30. The first-order valence-electron chi connectivity index (χ1n) is 9.56. The van der Waals surface area contributed by atoms with Crippen LogP contribution in [0.1, 0.15) is 52.7 Å². The standard InChI is InChI=1S/C23H23F2N4.Ir/c1-21(2)15-9-7-13(11-16(15)22(3,4)23(21,5)6)17-10-8-14(12-26-17)18-27-19(24)29-20(25)28-18;/h8-12H,1-6H3;/q-1;. The summed E-state index contributed by atoms with van der Waals surface area (Å²) in [4.78, 5) is 14.4. The molecular formula is C23H23F2IrN4-. The SMILES string of the molecule is CC1(C)c2c[c-]c(-c3ccc(-c4nc(F)nc(F)n4)cn3)cc2C(C)(C)C1(C)C.[Ir]. The van der Waals surface area contributed by atoms with Gasteiger partial charge in [-0.2, -0.15) is 23.7 Å². The minimum atomic E-state index is -1.16. The summed E-state index contributed by atoms with van der Waals surface area (Å²) in [6, 6.07) is 11.1. The zero-order chi connectivity index (χ0) is 21.2. The van der Waals surface area contributed by atoms with Gasteiger partial charge in [0.1, 0.15) is 0 Å². The van der Waals surface area contributed by atoms with Crippen LogP contribution < -0.4 is 0 Å². The average Bonchev–Trinajstić information content (AvgIpc) is 2.76. The second kappa shape index (κ2) is 7.24. The maximum Gasteiger partial charge on any atom is 0.314 e. The molecule has 0 amide bonds. The fraction of sp³-hybridized carbons (Fsp3) is 0.391. The van der Waals surface area contributed by atoms with Crippen molar-refractivity contribution >= 4 is 0 Å². The molecule has 2 aromatic heterocycles. The van der Waals surface area contributed by atoms with E-state index in [4.69, 9.17) is 0 Å². The fourth-order valence-electron chi connectivity index (χ4n) is 4.27. The van der Waals surface area contributed by atoms with Gasteiger partial charge in [0.15, 0.2) is 5.82 Å². The number of rotatable bonds is 2. The van der Waals surface area contributed by atoms with E-state index in [1.165, 1.54) is 17.3 Å². The molecule has 0 bridgehead atoms. The van der Waals surface area contributed by atoms with E-state index in [-0.39, 0.29) is 42.2 Å². The van der Waals surface area contributed by atoms with E-state index in [0.717, 1.165) is 11.3 Å². The molecule has 0 fully saturated rings. The summed E-state index contributed by atoms with van der Waals surface area (Å²) >= 11 is 0. The molecule has 2 heterocycles. The molecular weight excluding hydrogens is 562 g/mol. The van der Waals surface area contributed by atoms with Crippen molar-refractivity contribution in [2.45, 2.75) is 52.4 Å². The van der Waals surface area contributed by atoms with Crippen LogP contribution in [0.5, 0.6) is 0 Å². The van der Waals surface area contributed by atoms with Crippen LogP contribution in [0.2, 0.25) is 0 Å². The fourth-order valence-corrected chi connectivity index (χ4v) is 4.27. The van der Waals surface area contributed by atoms with Gasteiger partial charge in [-0.05, 0) is 21.9 Å². The zero-order valence-electron chi connectivity index (χ0n) is 17.8. The molecule has 3 aromatic rings. The smallest absolute Gasteiger partial charge is 0.304 e. The first-order valence-corrected chi connectivity index (χ1v) is 9.56. The number of halogens is 2. The summed E-state index contributed by atoms with van der Waals surface area (Å²) < 4.78 is 26.5. The monoisotopic (exact) mass is 586 g/mol. The Morgan fingerprint density at radius 2 is 1.43 bits per heavy atom. The topological polar surface area (TPSA) is 51.6 Å². The molecule has 0 spiro atoms. The third kappa shape index (κ3) is 3.19. The molecule has 0 N–H and O–H groups in total. The van der Waals surface area contributed by atoms with Gasteiger partial charge in [0, 0.05) is 31.9 Å². The Morgan fingerprint density at radius 3 is 2.00 bits per heavy atom. The molecule has 159 valence electrons. The molecule has 1 radical (unpaired) electrons. The molecule has 1 aliphatic rings. The van der Waals surface area contributed by atoms with Crippen LogP contribution in [0.4, 0.5) is 8.78 Å². The van der Waals surface area contributed by atoms with Gasteiger partial charge >= 0.3 is 12.2 Å². The summed E-state index contributed by atoms with van der Waals surface area (Å²) in [5, 5.41) is 0. The largest absolute Gasteiger partial charge is 0.314 e. The van der Waals surface area contributed by atoms with Crippen molar-refractivity contribution in [3.8, 4) is 22.6 Å². The van der Waals surface area contributed by atoms with E-state index >= 15 is 0 Å². The molecule has 30 heavy (non-hydrogen) atoms. The summed E-state index contributed by atoms with van der Waals surface area (Å²) in [6.45, 7) is 13.8. The summed E-state index contributed by atoms with van der Waals surface area (Å²) in [7, 11) is 0. The number of hydrogen-bond acceptors (Lipinski definition) is 4. The number of fused-ring (bicyclic) bond motifs is 1. The third-order valence-electron chi connectivity index (χ3n) is 7.30. The Kier molecular flexibility index (Phi) is 5.45. The van der Waals surface area contributed by atoms with Crippen molar-refractivity contribution in [2.24, 2.45) is 5.41 Å². The van der Waals surface area contributed by atoms with Gasteiger partial charge in [0.2, 0.25) is 0 Å². The van der Waals surface area contributed by atoms with Crippen molar-refractivity contribution in [3.05, 3.63) is 59.8 Å². The molecule has 7 heteroatoms. The molecule has 1 aliphatic carbocycles. The van der Waals surface area contributed by atoms with Gasteiger partial charge in [-0.25, -0.2) is 0 Å². The molecule has 4 nitrogen and oxygen atoms in total. The van der Waals surface area contributed by atoms with Crippen molar-refractivity contribution in [3.63, 3.8) is 0 Å². The van der Waals surface area contributed by atoms with Gasteiger partial charge in [-0.15, -0.1) is 34.9 Å². The summed E-state index contributed by atoms with van der Waals surface area (Å²) in [5.41, 5.74) is 4.70. The van der Waals surface area contributed by atoms with E-state index in [1.807, 2.05) is 0 Å². The molecule has 1 aromatic carbocycles. The minimum absolute atomic E-state index is 0. The number of benzene rings is 1. The maximum absolute atomic E-state index is 13.3. The first kappa shape index (κ1) is 22.6. The van der Waals surface area contributed by atoms with Crippen LogP contribution in [-0.4, -0.2) is 19.9 Å². The van der Waals surface area contributed by atoms with E-state index in [0.29, 0.717) is 5.56 Å². The summed E-state index contributed by atoms with van der Waals surface area (Å²) in [6.07, 6.45) is -0.809. The second-order valence-electron chi connectivity index (χ2n) is 9.18. The number of aromatic nitrogens is 4. The zero-order valence-corrected chi connectivity index (χ0v) is 20.2. The van der Waals surface area contributed by atoms with Gasteiger partial charge < -0.3 is 4.98 Å². The average molecular weight is 586 g/mol. The van der Waals surface area contributed by atoms with Crippen LogP contribution in [0.3, 0.4) is 0 Å². The first-order chi connectivity index (χ1) is 13.4. The van der Waals surface area contributed by atoms with Crippen molar-refractivity contribution in [1.82, 2.24) is 19.9 Å². The minimum Gasteiger partial charge on any atom is -0.304 e. The van der Waals surface area contributed by atoms with Crippen LogP contribution in [-0.2, 0) is 30.9 Å². The second-order valence-corrected chi connectivity index (χ2v) is 9.18. The van der Waals surface area contributed by atoms with E-state index in [9.17, 15) is 8.78 Å². The van der Waals surface area contributed by atoms with Crippen molar-refractivity contribution in [2.75, 3.05) is 0 Å². The molecule has 0 saturated carbocycles. The van der Waals surface area contributed by atoms with Gasteiger partial charge in [0.05, 0.1) is 0 Å². The van der Waals surface area contributed by atoms with Gasteiger partial charge in [0.25, 0.3) is 0 Å². The Hall–Kier alpha value is -2.11. The van der Waals surface area contributed by atoms with Crippen molar-refractivity contribution < 1.29 is 28.9 Å². The Balaban J connectivity index is 0.00000256. The molecule has 0 atom stereocenters. The van der Waals surface area contributed by atoms with Crippen LogP contribution in [0.25, 0.3) is 22.6 Å². The predicted octanol–water partition coefficient (Wildman–Crippen LogP) is 5.27. The van der Waals surface area contributed by atoms with Crippen LogP contribution >= 0.6 is 0 Å². The van der Waals surface area contributed by atoms with Gasteiger partial charge in [-0.3, -0.25) is 0 Å². The predicted molar refractivity (Wildman–Crippen MR) is 107 cm³/mol. The number of hydrogen-bond donors (Lipinski definition) is 0. The van der Waals surface area contributed by atoms with Gasteiger partial charge in [-0.1, -0.05) is 53.7 Å². The quantitative estimate of drug-likeness (QED) is 0.385. The normalized spacial score (nSPS) is 17.9. The maximum atomic E-state index is 13.3. The molecule has 4 rings (SSSR count). The van der Waals surface area contributed by atoms with Crippen molar-refractivity contribution in [1.29, 1.82) is 0 Å². The van der Waals surface area contributed by atoms with E-state index in [1.54, 1.807) is 12.1 Å². The number of nitrogens with zero attached hydrogens (tertiary/aromatic N) is 4. The Morgan fingerprint density at radius 1 is 0.833 bits per heavy atom. The summed E-state index contributed by atoms with van der Waals surface area (Å²) in [5.74, 6) is -0.0865. The molecule has 0 aliphatic heterocycles. The van der Waals surface area contributed by atoms with E-state index in [2.05, 4.69) is 79.7 Å².